The number of piperidine rings is 1. The summed E-state index contributed by atoms with van der Waals surface area (Å²) < 4.78 is 1.59. The topological polar surface area (TPSA) is 117 Å². The maximum Gasteiger partial charge on any atom is 0.245 e. The van der Waals surface area contributed by atoms with Crippen LogP contribution in [0.15, 0.2) is 42.7 Å². The lowest BCUT2D eigenvalue weighted by atomic mass is 9.79. The Balaban J connectivity index is 1.37. The molecule has 0 bridgehead atoms. The molecule has 0 saturated carbocycles. The number of anilines is 1. The second-order valence-electron chi connectivity index (χ2n) is 10.3. The van der Waals surface area contributed by atoms with Gasteiger partial charge in [-0.1, -0.05) is 6.07 Å². The Kier molecular flexibility index (Phi) is 5.20. The number of pyridine rings is 1. The first-order valence-corrected chi connectivity index (χ1v) is 11.3. The van der Waals surface area contributed by atoms with Crippen LogP contribution in [0.5, 0.6) is 5.75 Å². The summed E-state index contributed by atoms with van der Waals surface area (Å²) in [5.74, 6) is 0.685. The molecule has 1 saturated heterocycles. The molecule has 4 aromatic rings. The number of phenols is 1. The van der Waals surface area contributed by atoms with Crippen molar-refractivity contribution in [1.82, 2.24) is 40.5 Å². The Labute approximate surface area is 198 Å². The summed E-state index contributed by atoms with van der Waals surface area (Å²) in [6, 6.07) is 9.50. The van der Waals surface area contributed by atoms with E-state index in [-0.39, 0.29) is 16.8 Å². The molecule has 5 rings (SSSR count). The summed E-state index contributed by atoms with van der Waals surface area (Å²) in [7, 11) is 2.02. The lowest BCUT2D eigenvalue weighted by Crippen LogP contribution is -2.62. The van der Waals surface area contributed by atoms with Gasteiger partial charge in [0.15, 0.2) is 5.65 Å². The zero-order valence-corrected chi connectivity index (χ0v) is 20.1. The molecule has 0 radical (unpaired) electrons. The molecule has 3 aromatic heterocycles. The smallest absolute Gasteiger partial charge is 0.245 e. The average Bonchev–Trinajstić information content (AvgIpc) is 3.24. The Bertz CT molecular complexity index is 1310. The number of fused-ring (bicyclic) bond motifs is 1. The molecule has 34 heavy (non-hydrogen) atoms. The second-order valence-corrected chi connectivity index (χ2v) is 10.3. The Hall–Kier alpha value is -3.66. The van der Waals surface area contributed by atoms with Crippen molar-refractivity contribution in [2.45, 2.75) is 57.7 Å². The van der Waals surface area contributed by atoms with E-state index >= 15 is 0 Å². The minimum Gasteiger partial charge on any atom is -0.507 e. The average molecular weight is 460 g/mol. The lowest BCUT2D eigenvalue weighted by molar-refractivity contribution is 0.160. The first-order chi connectivity index (χ1) is 16.1. The molecule has 1 aliphatic rings. The number of benzene rings is 1. The van der Waals surface area contributed by atoms with Crippen LogP contribution in [-0.2, 0) is 0 Å². The summed E-state index contributed by atoms with van der Waals surface area (Å²) in [5.41, 5.74) is 3.53. The molecule has 4 heterocycles. The third-order valence-corrected chi connectivity index (χ3v) is 6.39. The molecular formula is C24H29N9O. The van der Waals surface area contributed by atoms with Gasteiger partial charge in [0.05, 0.1) is 6.20 Å². The maximum atomic E-state index is 10.7. The SMILES string of the molecule is CN(c1ncc(-c2ccc(-c3ccn4nnnc4c3)cc2O)nn1)C1CC(C)(C)NC(C)(C)C1. The Morgan fingerprint density at radius 1 is 1.00 bits per heavy atom. The maximum absolute atomic E-state index is 10.7. The summed E-state index contributed by atoms with van der Waals surface area (Å²) in [4.78, 5) is 6.68. The third-order valence-electron chi connectivity index (χ3n) is 6.39. The van der Waals surface area contributed by atoms with Gasteiger partial charge in [-0.05, 0) is 86.4 Å². The van der Waals surface area contributed by atoms with E-state index in [1.165, 1.54) is 0 Å². The van der Waals surface area contributed by atoms with Gasteiger partial charge >= 0.3 is 0 Å². The highest BCUT2D eigenvalue weighted by atomic mass is 16.3. The normalized spacial score (nSPS) is 17.7. The molecule has 10 heteroatoms. The Morgan fingerprint density at radius 2 is 1.74 bits per heavy atom. The van der Waals surface area contributed by atoms with E-state index in [0.29, 0.717) is 28.9 Å². The minimum absolute atomic E-state index is 0.0245. The number of aromatic hydroxyl groups is 1. The van der Waals surface area contributed by atoms with Crippen LogP contribution in [0, 0.1) is 0 Å². The highest BCUT2D eigenvalue weighted by Gasteiger charge is 2.39. The number of rotatable bonds is 4. The molecule has 176 valence electrons. The van der Waals surface area contributed by atoms with Crippen LogP contribution in [0.3, 0.4) is 0 Å². The van der Waals surface area contributed by atoms with Crippen LogP contribution in [-0.4, -0.2) is 64.5 Å². The van der Waals surface area contributed by atoms with Gasteiger partial charge in [-0.2, -0.15) is 0 Å². The van der Waals surface area contributed by atoms with Crippen molar-refractivity contribution in [3.63, 3.8) is 0 Å². The highest BCUT2D eigenvalue weighted by molar-refractivity contribution is 5.75. The quantitative estimate of drug-likeness (QED) is 0.475. The third kappa shape index (κ3) is 4.28. The summed E-state index contributed by atoms with van der Waals surface area (Å²) in [6.07, 6.45) is 5.41. The number of hydrogen-bond donors (Lipinski definition) is 2. The zero-order valence-electron chi connectivity index (χ0n) is 20.1. The van der Waals surface area contributed by atoms with E-state index in [9.17, 15) is 5.11 Å². The number of phenolic OH excluding ortho intramolecular Hbond substituents is 1. The molecule has 10 nitrogen and oxygen atoms in total. The molecule has 1 fully saturated rings. The van der Waals surface area contributed by atoms with Crippen LogP contribution in [0.1, 0.15) is 40.5 Å². The minimum atomic E-state index is 0.0245. The summed E-state index contributed by atoms with van der Waals surface area (Å²) in [5, 5.41) is 34.7. The number of tetrazole rings is 1. The van der Waals surface area contributed by atoms with Gasteiger partial charge in [-0.15, -0.1) is 15.3 Å². The largest absolute Gasteiger partial charge is 0.507 e. The van der Waals surface area contributed by atoms with Crippen molar-refractivity contribution in [1.29, 1.82) is 0 Å². The molecule has 0 unspecified atom stereocenters. The summed E-state index contributed by atoms with van der Waals surface area (Å²) in [6.45, 7) is 8.91. The zero-order chi connectivity index (χ0) is 24.1. The fraction of sp³-hybridized carbons (Fsp3) is 0.417. The molecular weight excluding hydrogens is 430 g/mol. The number of nitrogens with one attached hydrogen (secondary N) is 1. The fourth-order valence-corrected chi connectivity index (χ4v) is 5.11. The van der Waals surface area contributed by atoms with Crippen LogP contribution in [0.2, 0.25) is 0 Å². The van der Waals surface area contributed by atoms with Crippen molar-refractivity contribution in [3.8, 4) is 28.1 Å². The van der Waals surface area contributed by atoms with Crippen molar-refractivity contribution in [2.75, 3.05) is 11.9 Å². The van der Waals surface area contributed by atoms with E-state index in [1.807, 2.05) is 31.3 Å². The predicted octanol–water partition coefficient (Wildman–Crippen LogP) is 3.09. The monoisotopic (exact) mass is 459 g/mol. The fourth-order valence-electron chi connectivity index (χ4n) is 5.11. The molecule has 0 spiro atoms. The van der Waals surface area contributed by atoms with Gasteiger partial charge in [0, 0.05) is 35.9 Å². The van der Waals surface area contributed by atoms with Crippen LogP contribution in [0.25, 0.3) is 28.0 Å². The van der Waals surface area contributed by atoms with Gasteiger partial charge in [0.25, 0.3) is 0 Å². The Morgan fingerprint density at radius 3 is 2.41 bits per heavy atom. The summed E-state index contributed by atoms with van der Waals surface area (Å²) >= 11 is 0. The molecule has 2 N–H and O–H groups in total. The van der Waals surface area contributed by atoms with Gasteiger partial charge < -0.3 is 15.3 Å². The standard InChI is InChI=1S/C24H29N9O/c1-23(2)12-17(13-24(3,4)29-23)32(5)22-25-14-19(26-28-22)18-7-6-15(10-20(18)34)16-8-9-33-21(11-16)27-30-31-33/h6-11,14,17,29,34H,12-13H2,1-5H3. The van der Waals surface area contributed by atoms with E-state index in [2.05, 4.69) is 68.6 Å². The van der Waals surface area contributed by atoms with Gasteiger partial charge in [-0.25, -0.2) is 9.50 Å². The number of hydrogen-bond acceptors (Lipinski definition) is 9. The van der Waals surface area contributed by atoms with E-state index in [4.69, 9.17) is 0 Å². The molecule has 1 aliphatic heterocycles. The van der Waals surface area contributed by atoms with Gasteiger partial charge in [-0.3, -0.25) is 0 Å². The highest BCUT2D eigenvalue weighted by Crippen LogP contribution is 2.34. The molecule has 1 aromatic carbocycles. The van der Waals surface area contributed by atoms with E-state index in [1.54, 1.807) is 23.0 Å². The van der Waals surface area contributed by atoms with E-state index in [0.717, 1.165) is 24.0 Å². The predicted molar refractivity (Wildman–Crippen MR) is 129 cm³/mol. The second kappa shape index (κ2) is 7.98. The van der Waals surface area contributed by atoms with Crippen LogP contribution in [0.4, 0.5) is 5.95 Å². The van der Waals surface area contributed by atoms with Crippen LogP contribution < -0.4 is 10.2 Å². The van der Waals surface area contributed by atoms with Crippen LogP contribution >= 0.6 is 0 Å². The number of nitrogens with zero attached hydrogens (tertiary/aromatic N) is 8. The lowest BCUT2D eigenvalue weighted by Gasteiger charge is -2.48. The van der Waals surface area contributed by atoms with E-state index < -0.39 is 0 Å². The van der Waals surface area contributed by atoms with Crippen molar-refractivity contribution < 1.29 is 5.11 Å². The van der Waals surface area contributed by atoms with Crippen molar-refractivity contribution >= 4 is 11.6 Å². The molecule has 0 atom stereocenters. The van der Waals surface area contributed by atoms with Gasteiger partial charge in [0.2, 0.25) is 5.95 Å². The first-order valence-electron chi connectivity index (χ1n) is 11.3. The molecule has 0 aliphatic carbocycles. The van der Waals surface area contributed by atoms with Gasteiger partial charge in [0.1, 0.15) is 11.4 Å². The number of aromatic nitrogens is 7. The molecule has 0 amide bonds. The van der Waals surface area contributed by atoms with Crippen molar-refractivity contribution in [3.05, 3.63) is 42.7 Å². The first kappa shape index (κ1) is 22.1. The van der Waals surface area contributed by atoms with Crippen molar-refractivity contribution in [2.24, 2.45) is 0 Å².